The van der Waals surface area contributed by atoms with Crippen molar-refractivity contribution < 1.29 is 14.9 Å². The monoisotopic (exact) mass is 253 g/mol. The highest BCUT2D eigenvalue weighted by Gasteiger charge is 2.07. The Kier molecular flexibility index (Phi) is 6.72. The minimum absolute atomic E-state index is 0.169. The lowest BCUT2D eigenvalue weighted by molar-refractivity contribution is 0.105. The quantitative estimate of drug-likeness (QED) is 0.605. The van der Waals surface area contributed by atoms with Crippen molar-refractivity contribution in [3.8, 4) is 5.75 Å². The van der Waals surface area contributed by atoms with E-state index in [2.05, 4.69) is 5.32 Å². The summed E-state index contributed by atoms with van der Waals surface area (Å²) in [5.74, 6) is 0.854. The maximum Gasteiger partial charge on any atom is 0.125 e. The Hall–Kier alpha value is -1.10. The topological polar surface area (TPSA) is 61.7 Å². The van der Waals surface area contributed by atoms with Crippen LogP contribution in [-0.2, 0) is 0 Å². The first-order chi connectivity index (χ1) is 8.65. The number of aryl methyl sites for hydroxylation is 2. The zero-order valence-electron chi connectivity index (χ0n) is 11.1. The van der Waals surface area contributed by atoms with Crippen LogP contribution in [0.3, 0.4) is 0 Å². The van der Waals surface area contributed by atoms with Gasteiger partial charge >= 0.3 is 0 Å². The fraction of sp³-hybridized carbons (Fsp3) is 0.571. The zero-order chi connectivity index (χ0) is 13.4. The fourth-order valence-corrected chi connectivity index (χ4v) is 1.74. The number of para-hydroxylation sites is 1. The minimum atomic E-state index is -0.539. The summed E-state index contributed by atoms with van der Waals surface area (Å²) in [7, 11) is 0. The van der Waals surface area contributed by atoms with E-state index in [1.54, 1.807) is 0 Å². The highest BCUT2D eigenvalue weighted by atomic mass is 16.5. The van der Waals surface area contributed by atoms with Gasteiger partial charge in [0.25, 0.3) is 0 Å². The first-order valence-electron chi connectivity index (χ1n) is 6.33. The third kappa shape index (κ3) is 5.04. The van der Waals surface area contributed by atoms with Gasteiger partial charge in [-0.3, -0.25) is 0 Å². The van der Waals surface area contributed by atoms with Gasteiger partial charge < -0.3 is 20.3 Å². The third-order valence-corrected chi connectivity index (χ3v) is 2.72. The van der Waals surface area contributed by atoms with E-state index in [4.69, 9.17) is 9.84 Å². The van der Waals surface area contributed by atoms with Crippen LogP contribution in [-0.4, -0.2) is 42.6 Å². The Labute approximate surface area is 109 Å². The molecule has 0 saturated heterocycles. The number of hydrogen-bond acceptors (Lipinski definition) is 4. The Bertz CT molecular complexity index is 335. The molecule has 0 aliphatic rings. The maximum atomic E-state index is 9.74. The van der Waals surface area contributed by atoms with E-state index in [1.165, 1.54) is 0 Å². The number of aliphatic hydroxyl groups excluding tert-OH is 2. The molecule has 1 aromatic carbocycles. The van der Waals surface area contributed by atoms with Crippen LogP contribution in [0, 0.1) is 13.8 Å². The van der Waals surface area contributed by atoms with Crippen molar-refractivity contribution in [1.29, 1.82) is 0 Å². The predicted octanol–water partition coefficient (Wildman–Crippen LogP) is 1.02. The van der Waals surface area contributed by atoms with Crippen molar-refractivity contribution in [3.05, 3.63) is 29.3 Å². The second-order valence-electron chi connectivity index (χ2n) is 4.47. The number of hydrogen-bond donors (Lipinski definition) is 3. The van der Waals surface area contributed by atoms with Gasteiger partial charge in [0.2, 0.25) is 0 Å². The highest BCUT2D eigenvalue weighted by Crippen LogP contribution is 2.22. The van der Waals surface area contributed by atoms with E-state index in [0.717, 1.165) is 16.9 Å². The summed E-state index contributed by atoms with van der Waals surface area (Å²) in [5, 5.41) is 21.4. The molecule has 0 aromatic heterocycles. The van der Waals surface area contributed by atoms with Crippen LogP contribution in [0.5, 0.6) is 5.75 Å². The number of nitrogens with one attached hydrogen (secondary N) is 1. The van der Waals surface area contributed by atoms with Crippen LogP contribution >= 0.6 is 0 Å². The summed E-state index contributed by atoms with van der Waals surface area (Å²) >= 11 is 0. The molecule has 1 rings (SSSR count). The average molecular weight is 253 g/mol. The highest BCUT2D eigenvalue weighted by molar-refractivity contribution is 5.39. The number of aliphatic hydroxyl groups is 2. The molecule has 0 radical (unpaired) electrons. The lowest BCUT2D eigenvalue weighted by Gasteiger charge is -2.16. The van der Waals surface area contributed by atoms with E-state index in [1.807, 2.05) is 32.0 Å². The second-order valence-corrected chi connectivity index (χ2v) is 4.47. The van der Waals surface area contributed by atoms with Crippen LogP contribution in [0.15, 0.2) is 18.2 Å². The molecule has 0 heterocycles. The lowest BCUT2D eigenvalue weighted by Crippen LogP contribution is -2.32. The van der Waals surface area contributed by atoms with Crippen molar-refractivity contribution in [2.75, 3.05) is 26.3 Å². The molecule has 0 bridgehead atoms. The smallest absolute Gasteiger partial charge is 0.125 e. The van der Waals surface area contributed by atoms with E-state index in [9.17, 15) is 5.11 Å². The van der Waals surface area contributed by atoms with Crippen LogP contribution in [0.25, 0.3) is 0 Å². The van der Waals surface area contributed by atoms with Crippen molar-refractivity contribution in [2.45, 2.75) is 26.4 Å². The molecule has 0 saturated carbocycles. The molecule has 3 N–H and O–H groups in total. The fourth-order valence-electron chi connectivity index (χ4n) is 1.74. The third-order valence-electron chi connectivity index (χ3n) is 2.72. The SMILES string of the molecule is Cc1cccc(C)c1OCC(O)CNCCCO. The first-order valence-corrected chi connectivity index (χ1v) is 6.33. The summed E-state index contributed by atoms with van der Waals surface area (Å²) in [6.45, 7) is 5.62. The Morgan fingerprint density at radius 1 is 1.28 bits per heavy atom. The van der Waals surface area contributed by atoms with Crippen LogP contribution in [0.2, 0.25) is 0 Å². The zero-order valence-corrected chi connectivity index (χ0v) is 11.1. The summed E-state index contributed by atoms with van der Waals surface area (Å²) in [6, 6.07) is 5.98. The minimum Gasteiger partial charge on any atom is -0.490 e. The molecule has 0 aliphatic heterocycles. The molecule has 0 amide bonds. The molecule has 0 fully saturated rings. The molecule has 1 aromatic rings. The van der Waals surface area contributed by atoms with E-state index in [0.29, 0.717) is 19.5 Å². The van der Waals surface area contributed by atoms with Gasteiger partial charge in [-0.05, 0) is 37.9 Å². The number of ether oxygens (including phenoxy) is 1. The van der Waals surface area contributed by atoms with Gasteiger partial charge in [0.05, 0.1) is 0 Å². The van der Waals surface area contributed by atoms with Crippen molar-refractivity contribution in [3.63, 3.8) is 0 Å². The molecule has 102 valence electrons. The average Bonchev–Trinajstić information content (AvgIpc) is 2.34. The van der Waals surface area contributed by atoms with Crippen LogP contribution in [0.1, 0.15) is 17.5 Å². The molecule has 4 heteroatoms. The Balaban J connectivity index is 2.31. The maximum absolute atomic E-state index is 9.74. The van der Waals surface area contributed by atoms with Gasteiger partial charge in [-0.1, -0.05) is 18.2 Å². The van der Waals surface area contributed by atoms with Crippen molar-refractivity contribution in [1.82, 2.24) is 5.32 Å². The van der Waals surface area contributed by atoms with Gasteiger partial charge in [0, 0.05) is 13.2 Å². The molecule has 0 spiro atoms. The van der Waals surface area contributed by atoms with Crippen LogP contribution < -0.4 is 10.1 Å². The van der Waals surface area contributed by atoms with E-state index in [-0.39, 0.29) is 13.2 Å². The van der Waals surface area contributed by atoms with E-state index >= 15 is 0 Å². The van der Waals surface area contributed by atoms with Gasteiger partial charge in [-0.2, -0.15) is 0 Å². The summed E-state index contributed by atoms with van der Waals surface area (Å²) in [4.78, 5) is 0. The van der Waals surface area contributed by atoms with Gasteiger partial charge in [-0.25, -0.2) is 0 Å². The lowest BCUT2D eigenvalue weighted by atomic mass is 10.1. The second kappa shape index (κ2) is 8.08. The Morgan fingerprint density at radius 2 is 1.94 bits per heavy atom. The molecule has 18 heavy (non-hydrogen) atoms. The largest absolute Gasteiger partial charge is 0.490 e. The van der Waals surface area contributed by atoms with Crippen molar-refractivity contribution >= 4 is 0 Å². The van der Waals surface area contributed by atoms with Gasteiger partial charge in [0.1, 0.15) is 18.5 Å². The first kappa shape index (κ1) is 15.0. The standard InChI is InChI=1S/C14H23NO3/c1-11-5-3-6-12(2)14(11)18-10-13(17)9-15-7-4-8-16/h3,5-6,13,15-17H,4,7-10H2,1-2H3. The normalized spacial score (nSPS) is 12.4. The number of rotatable bonds is 8. The molecular weight excluding hydrogens is 230 g/mol. The summed E-state index contributed by atoms with van der Waals surface area (Å²) in [5.41, 5.74) is 2.16. The predicted molar refractivity (Wildman–Crippen MR) is 72.0 cm³/mol. The summed E-state index contributed by atoms with van der Waals surface area (Å²) < 4.78 is 5.65. The van der Waals surface area contributed by atoms with Gasteiger partial charge in [-0.15, -0.1) is 0 Å². The molecular formula is C14H23NO3. The summed E-state index contributed by atoms with van der Waals surface area (Å²) in [6.07, 6.45) is 0.160. The van der Waals surface area contributed by atoms with Crippen LogP contribution in [0.4, 0.5) is 0 Å². The molecule has 4 nitrogen and oxygen atoms in total. The molecule has 1 atom stereocenters. The van der Waals surface area contributed by atoms with Gasteiger partial charge in [0.15, 0.2) is 0 Å². The van der Waals surface area contributed by atoms with Crippen molar-refractivity contribution in [2.24, 2.45) is 0 Å². The Morgan fingerprint density at radius 3 is 2.56 bits per heavy atom. The van der Waals surface area contributed by atoms with E-state index < -0.39 is 6.10 Å². The molecule has 1 unspecified atom stereocenters. The molecule has 0 aliphatic carbocycles. The number of benzene rings is 1.